The maximum Gasteiger partial charge on any atom is 0.0478 e. The molecule has 2 atom stereocenters. The second-order valence-electron chi connectivity index (χ2n) is 6.38. The highest BCUT2D eigenvalue weighted by molar-refractivity contribution is 5.21. The van der Waals surface area contributed by atoms with Crippen molar-refractivity contribution in [1.82, 2.24) is 10.2 Å². The van der Waals surface area contributed by atoms with Crippen molar-refractivity contribution < 1.29 is 0 Å². The molecular formula is C19H32N2. The van der Waals surface area contributed by atoms with Gasteiger partial charge in [-0.1, -0.05) is 58.0 Å². The molecule has 2 rings (SSSR count). The smallest absolute Gasteiger partial charge is 0.0478 e. The topological polar surface area (TPSA) is 15.3 Å². The molecule has 1 aliphatic rings. The van der Waals surface area contributed by atoms with Gasteiger partial charge >= 0.3 is 0 Å². The Balaban J connectivity index is 2.33. The Hall–Kier alpha value is -0.860. The van der Waals surface area contributed by atoms with Gasteiger partial charge in [0.2, 0.25) is 0 Å². The lowest BCUT2D eigenvalue weighted by molar-refractivity contribution is -0.00182. The standard InChI is InChI=1S/C19H32N2/c1-5-17-15-21(19(6-2,7-3)8-4)18(14-20-17)16-12-10-9-11-13-16/h9-13,17-18,20H,5-8,14-15H2,1-4H3. The first kappa shape index (κ1) is 16.5. The lowest BCUT2D eigenvalue weighted by Crippen LogP contribution is -2.60. The summed E-state index contributed by atoms with van der Waals surface area (Å²) in [5, 5.41) is 3.75. The van der Waals surface area contributed by atoms with Crippen LogP contribution in [0.25, 0.3) is 0 Å². The second-order valence-corrected chi connectivity index (χ2v) is 6.38. The third-order valence-electron chi connectivity index (χ3n) is 5.65. The van der Waals surface area contributed by atoms with E-state index in [9.17, 15) is 0 Å². The molecule has 0 saturated carbocycles. The number of nitrogens with one attached hydrogen (secondary N) is 1. The fourth-order valence-electron chi connectivity index (χ4n) is 3.95. The van der Waals surface area contributed by atoms with Crippen molar-refractivity contribution in [1.29, 1.82) is 0 Å². The van der Waals surface area contributed by atoms with Crippen molar-refractivity contribution in [3.63, 3.8) is 0 Å². The van der Waals surface area contributed by atoms with Crippen molar-refractivity contribution in [3.8, 4) is 0 Å². The largest absolute Gasteiger partial charge is 0.311 e. The summed E-state index contributed by atoms with van der Waals surface area (Å²) in [6, 6.07) is 12.2. The van der Waals surface area contributed by atoms with Gasteiger partial charge in [0, 0.05) is 30.7 Å². The van der Waals surface area contributed by atoms with E-state index in [0.29, 0.717) is 17.6 Å². The molecule has 21 heavy (non-hydrogen) atoms. The van der Waals surface area contributed by atoms with E-state index in [1.165, 1.54) is 37.8 Å². The predicted octanol–water partition coefficient (Wildman–Crippen LogP) is 4.38. The van der Waals surface area contributed by atoms with Gasteiger partial charge in [-0.2, -0.15) is 0 Å². The Bertz CT molecular complexity index is 403. The molecule has 0 radical (unpaired) electrons. The van der Waals surface area contributed by atoms with Gasteiger partial charge in [-0.3, -0.25) is 4.90 Å². The molecule has 0 aromatic heterocycles. The predicted molar refractivity (Wildman–Crippen MR) is 91.6 cm³/mol. The highest BCUT2D eigenvalue weighted by Gasteiger charge is 2.40. The molecule has 1 aromatic rings. The first-order valence-corrected chi connectivity index (χ1v) is 8.75. The van der Waals surface area contributed by atoms with Crippen molar-refractivity contribution in [2.24, 2.45) is 0 Å². The molecule has 2 heteroatoms. The van der Waals surface area contributed by atoms with Crippen LogP contribution in [0.3, 0.4) is 0 Å². The van der Waals surface area contributed by atoms with Crippen LogP contribution in [-0.4, -0.2) is 29.6 Å². The van der Waals surface area contributed by atoms with Gasteiger partial charge in [0.1, 0.15) is 0 Å². The molecule has 2 unspecified atom stereocenters. The normalized spacial score (nSPS) is 24.2. The molecule has 0 spiro atoms. The van der Waals surface area contributed by atoms with Crippen molar-refractivity contribution in [2.75, 3.05) is 13.1 Å². The maximum absolute atomic E-state index is 3.75. The molecule has 0 amide bonds. The highest BCUT2D eigenvalue weighted by Crippen LogP contribution is 2.37. The molecule has 1 aliphatic heterocycles. The van der Waals surface area contributed by atoms with Crippen LogP contribution in [0.4, 0.5) is 0 Å². The van der Waals surface area contributed by atoms with E-state index in [4.69, 9.17) is 0 Å². The minimum absolute atomic E-state index is 0.343. The Morgan fingerprint density at radius 2 is 1.67 bits per heavy atom. The van der Waals surface area contributed by atoms with E-state index in [2.05, 4.69) is 68.2 Å². The summed E-state index contributed by atoms with van der Waals surface area (Å²) in [6.45, 7) is 11.6. The molecule has 2 nitrogen and oxygen atoms in total. The fourth-order valence-corrected chi connectivity index (χ4v) is 3.95. The van der Waals surface area contributed by atoms with E-state index in [0.717, 1.165) is 6.54 Å². The van der Waals surface area contributed by atoms with E-state index < -0.39 is 0 Å². The van der Waals surface area contributed by atoms with E-state index >= 15 is 0 Å². The molecule has 0 aliphatic carbocycles. The van der Waals surface area contributed by atoms with Gasteiger partial charge in [-0.25, -0.2) is 0 Å². The van der Waals surface area contributed by atoms with Crippen LogP contribution in [-0.2, 0) is 0 Å². The zero-order chi connectivity index (χ0) is 15.3. The van der Waals surface area contributed by atoms with Crippen molar-refractivity contribution in [3.05, 3.63) is 35.9 Å². The van der Waals surface area contributed by atoms with Crippen LogP contribution < -0.4 is 5.32 Å². The third kappa shape index (κ3) is 3.32. The Kier molecular flexibility index (Phi) is 5.83. The van der Waals surface area contributed by atoms with Gasteiger partial charge in [0.15, 0.2) is 0 Å². The molecule has 1 saturated heterocycles. The summed E-state index contributed by atoms with van der Waals surface area (Å²) in [5.41, 5.74) is 1.80. The highest BCUT2D eigenvalue weighted by atomic mass is 15.3. The van der Waals surface area contributed by atoms with Crippen molar-refractivity contribution in [2.45, 2.75) is 71.0 Å². The average molecular weight is 288 g/mol. The van der Waals surface area contributed by atoms with Crippen LogP contribution in [0.5, 0.6) is 0 Å². The number of nitrogens with zero attached hydrogens (tertiary/aromatic N) is 1. The van der Waals surface area contributed by atoms with Crippen LogP contribution in [0.15, 0.2) is 30.3 Å². The molecular weight excluding hydrogens is 256 g/mol. The second kappa shape index (κ2) is 7.42. The van der Waals surface area contributed by atoms with Crippen LogP contribution in [0.2, 0.25) is 0 Å². The van der Waals surface area contributed by atoms with Gasteiger partial charge in [-0.15, -0.1) is 0 Å². The van der Waals surface area contributed by atoms with Gasteiger partial charge < -0.3 is 5.32 Å². The first-order chi connectivity index (χ1) is 10.2. The van der Waals surface area contributed by atoms with Crippen LogP contribution in [0, 0.1) is 0 Å². The van der Waals surface area contributed by atoms with E-state index in [1.54, 1.807) is 0 Å². The van der Waals surface area contributed by atoms with E-state index in [1.807, 2.05) is 0 Å². The summed E-state index contributed by atoms with van der Waals surface area (Å²) in [6.07, 6.45) is 4.92. The summed E-state index contributed by atoms with van der Waals surface area (Å²) in [5.74, 6) is 0. The number of benzene rings is 1. The molecule has 118 valence electrons. The number of hydrogen-bond donors (Lipinski definition) is 1. The molecule has 1 aromatic carbocycles. The van der Waals surface area contributed by atoms with Gasteiger partial charge in [0.25, 0.3) is 0 Å². The molecule has 1 heterocycles. The van der Waals surface area contributed by atoms with Crippen molar-refractivity contribution >= 4 is 0 Å². The van der Waals surface area contributed by atoms with E-state index in [-0.39, 0.29) is 0 Å². The minimum atomic E-state index is 0.343. The SMILES string of the molecule is CCC1CN(C(CC)(CC)CC)C(c2ccccc2)CN1. The third-order valence-corrected chi connectivity index (χ3v) is 5.65. The lowest BCUT2D eigenvalue weighted by atomic mass is 9.83. The molecule has 1 fully saturated rings. The molecule has 1 N–H and O–H groups in total. The molecule has 0 bridgehead atoms. The summed E-state index contributed by atoms with van der Waals surface area (Å²) >= 11 is 0. The Labute approximate surface area is 130 Å². The summed E-state index contributed by atoms with van der Waals surface area (Å²) in [7, 11) is 0. The summed E-state index contributed by atoms with van der Waals surface area (Å²) in [4.78, 5) is 2.81. The van der Waals surface area contributed by atoms with Gasteiger partial charge in [0.05, 0.1) is 0 Å². The first-order valence-electron chi connectivity index (χ1n) is 8.75. The monoisotopic (exact) mass is 288 g/mol. The Morgan fingerprint density at radius 1 is 1.05 bits per heavy atom. The average Bonchev–Trinajstić information content (AvgIpc) is 2.57. The van der Waals surface area contributed by atoms with Crippen LogP contribution >= 0.6 is 0 Å². The number of hydrogen-bond acceptors (Lipinski definition) is 2. The Morgan fingerprint density at radius 3 is 2.19 bits per heavy atom. The number of rotatable bonds is 6. The zero-order valence-corrected chi connectivity index (χ0v) is 14.2. The van der Waals surface area contributed by atoms with Crippen LogP contribution in [0.1, 0.15) is 65.0 Å². The fraction of sp³-hybridized carbons (Fsp3) is 0.684. The minimum Gasteiger partial charge on any atom is -0.311 e. The summed E-state index contributed by atoms with van der Waals surface area (Å²) < 4.78 is 0. The lowest BCUT2D eigenvalue weighted by Gasteiger charge is -2.52. The number of piperazine rings is 1. The van der Waals surface area contributed by atoms with Gasteiger partial charge in [-0.05, 0) is 31.2 Å². The maximum atomic E-state index is 3.75. The quantitative estimate of drug-likeness (QED) is 0.835. The zero-order valence-electron chi connectivity index (χ0n) is 14.2.